The molecule has 3 aromatic carbocycles. The van der Waals surface area contributed by atoms with Crippen molar-refractivity contribution < 1.29 is 14.3 Å². The Morgan fingerprint density at radius 1 is 0.930 bits per heavy atom. The zero-order valence-corrected chi connectivity index (χ0v) is 26.0. The summed E-state index contributed by atoms with van der Waals surface area (Å²) in [6.07, 6.45) is 0.421. The monoisotopic (exact) mass is 644 g/mol. The normalized spacial score (nSPS) is 13.3. The van der Waals surface area contributed by atoms with E-state index in [-0.39, 0.29) is 24.2 Å². The molecule has 12 heteroatoms. The number of hydrogen-bond donors (Lipinski definition) is 3. The molecule has 1 aromatic heterocycles. The predicted molar refractivity (Wildman–Crippen MR) is 177 cm³/mol. The second-order valence-corrected chi connectivity index (χ2v) is 10.8. The van der Waals surface area contributed by atoms with Crippen LogP contribution in [0.15, 0.2) is 66.7 Å². The average molecular weight is 646 g/mol. The predicted octanol–water partition coefficient (Wildman–Crippen LogP) is 5.85. The fraction of sp³-hybridized carbons (Fsp3) is 0.323. The van der Waals surface area contributed by atoms with E-state index in [2.05, 4.69) is 25.4 Å². The van der Waals surface area contributed by atoms with Crippen molar-refractivity contribution in [3.05, 3.63) is 72.3 Å². The van der Waals surface area contributed by atoms with Crippen LogP contribution >= 0.6 is 35.6 Å². The number of morpholine rings is 1. The number of carbonyl (C=O) groups is 2. The third-order valence-corrected chi connectivity index (χ3v) is 7.46. The quantitative estimate of drug-likeness (QED) is 0.167. The summed E-state index contributed by atoms with van der Waals surface area (Å²) in [6.45, 7) is 5.24. The van der Waals surface area contributed by atoms with Crippen LogP contribution in [0.2, 0.25) is 0 Å². The minimum atomic E-state index is -0.227. The van der Waals surface area contributed by atoms with Crippen LogP contribution in [-0.4, -0.2) is 84.4 Å². The van der Waals surface area contributed by atoms with E-state index in [9.17, 15) is 9.59 Å². The first-order valence-corrected chi connectivity index (χ1v) is 15.1. The lowest BCUT2D eigenvalue weighted by Crippen LogP contribution is -2.38. The first kappa shape index (κ1) is 32.6. The molecule has 0 radical (unpaired) electrons. The number of nitrogens with zero attached hydrogens (tertiary/aromatic N) is 3. The number of anilines is 3. The zero-order valence-electron chi connectivity index (χ0n) is 23.7. The molecule has 0 aliphatic carbocycles. The van der Waals surface area contributed by atoms with Crippen LogP contribution in [-0.2, 0) is 9.53 Å². The van der Waals surface area contributed by atoms with Gasteiger partial charge in [0.25, 0.3) is 5.91 Å². The van der Waals surface area contributed by atoms with Crippen LogP contribution in [0, 0.1) is 0 Å². The molecular formula is C31H35Cl3N6O3. The van der Waals surface area contributed by atoms with Crippen molar-refractivity contribution in [2.45, 2.75) is 6.42 Å². The maximum Gasteiger partial charge on any atom is 0.255 e. The van der Waals surface area contributed by atoms with Gasteiger partial charge in [-0.05, 0) is 54.6 Å². The van der Waals surface area contributed by atoms with Crippen molar-refractivity contribution in [2.75, 3.05) is 73.2 Å². The SMILES string of the molecule is Cl.O=C(CCN1CCOCC1)Nc1cccc(-c2nc3cc(C(=O)Nc4ccc(N(CCCl)CCCl)cc4)ccc3[nH]2)c1. The lowest BCUT2D eigenvalue weighted by molar-refractivity contribution is -0.116. The Morgan fingerprint density at radius 3 is 2.40 bits per heavy atom. The largest absolute Gasteiger partial charge is 0.379 e. The number of hydrogen-bond acceptors (Lipinski definition) is 6. The van der Waals surface area contributed by atoms with Crippen molar-refractivity contribution in [2.24, 2.45) is 0 Å². The first-order valence-electron chi connectivity index (χ1n) is 14.0. The molecule has 43 heavy (non-hydrogen) atoms. The summed E-state index contributed by atoms with van der Waals surface area (Å²) in [4.78, 5) is 37.9. The van der Waals surface area contributed by atoms with Crippen LogP contribution in [0.3, 0.4) is 0 Å². The van der Waals surface area contributed by atoms with E-state index in [1.54, 1.807) is 12.1 Å². The smallest absolute Gasteiger partial charge is 0.255 e. The summed E-state index contributed by atoms with van der Waals surface area (Å²) < 4.78 is 5.37. The molecule has 0 saturated carbocycles. The van der Waals surface area contributed by atoms with Gasteiger partial charge in [0.1, 0.15) is 5.82 Å². The third kappa shape index (κ3) is 8.84. The number of aromatic nitrogens is 2. The average Bonchev–Trinajstić information content (AvgIpc) is 3.45. The molecule has 9 nitrogen and oxygen atoms in total. The van der Waals surface area contributed by atoms with Gasteiger partial charge in [-0.3, -0.25) is 14.5 Å². The molecule has 5 rings (SSSR count). The fourth-order valence-corrected chi connectivity index (χ4v) is 5.28. The number of aromatic amines is 1. The van der Waals surface area contributed by atoms with E-state index in [0.717, 1.165) is 29.9 Å². The van der Waals surface area contributed by atoms with Gasteiger partial charge in [-0.25, -0.2) is 4.98 Å². The Balaban J connectivity index is 0.00000423. The number of imidazole rings is 1. The summed E-state index contributed by atoms with van der Waals surface area (Å²) in [5.74, 6) is 1.40. The molecule has 0 unspecified atom stereocenters. The molecule has 1 fully saturated rings. The molecule has 1 aliphatic rings. The highest BCUT2D eigenvalue weighted by atomic mass is 35.5. The van der Waals surface area contributed by atoms with Gasteiger partial charge in [0.15, 0.2) is 0 Å². The van der Waals surface area contributed by atoms with Crippen molar-refractivity contribution in [1.82, 2.24) is 14.9 Å². The van der Waals surface area contributed by atoms with Gasteiger partial charge in [-0.15, -0.1) is 35.6 Å². The Morgan fingerprint density at radius 2 is 1.67 bits per heavy atom. The number of ether oxygens (including phenoxy) is 1. The number of rotatable bonds is 12. The van der Waals surface area contributed by atoms with Crippen LogP contribution in [0.25, 0.3) is 22.4 Å². The Kier molecular flexibility index (Phi) is 12.1. The van der Waals surface area contributed by atoms with Crippen LogP contribution in [0.1, 0.15) is 16.8 Å². The second kappa shape index (κ2) is 15.9. The molecular weight excluding hydrogens is 611 g/mol. The summed E-state index contributed by atoms with van der Waals surface area (Å²) >= 11 is 11.8. The van der Waals surface area contributed by atoms with Crippen molar-refractivity contribution in [3.8, 4) is 11.4 Å². The molecule has 0 atom stereocenters. The molecule has 2 amide bonds. The van der Waals surface area contributed by atoms with Gasteiger partial charge < -0.3 is 25.3 Å². The number of halogens is 3. The lowest BCUT2D eigenvalue weighted by Gasteiger charge is -2.26. The van der Waals surface area contributed by atoms with E-state index in [4.69, 9.17) is 32.9 Å². The molecule has 228 valence electrons. The standard InChI is InChI=1S/C31H34Cl2N6O3.ClH/c32-11-14-39(15-12-33)26-7-5-24(6-8-26)35-31(41)23-4-9-27-28(21-23)37-30(36-27)22-2-1-3-25(20-22)34-29(40)10-13-38-16-18-42-19-17-38;/h1-9,20-21H,10-19H2,(H,34,40)(H,35,41)(H,36,37);1H. The summed E-state index contributed by atoms with van der Waals surface area (Å²) in [5, 5.41) is 5.94. The summed E-state index contributed by atoms with van der Waals surface area (Å²) in [5.41, 5.74) is 5.20. The number of H-pyrrole nitrogens is 1. The lowest BCUT2D eigenvalue weighted by atomic mass is 10.2. The molecule has 1 aliphatic heterocycles. The number of nitrogens with one attached hydrogen (secondary N) is 3. The number of alkyl halides is 2. The first-order chi connectivity index (χ1) is 20.5. The minimum absolute atomic E-state index is 0. The highest BCUT2D eigenvalue weighted by molar-refractivity contribution is 6.18. The van der Waals surface area contributed by atoms with E-state index in [1.165, 1.54) is 0 Å². The number of benzene rings is 3. The molecule has 0 bridgehead atoms. The highest BCUT2D eigenvalue weighted by Gasteiger charge is 2.14. The Labute approximate surface area is 267 Å². The number of carbonyl (C=O) groups excluding carboxylic acids is 2. The third-order valence-electron chi connectivity index (χ3n) is 7.12. The van der Waals surface area contributed by atoms with Gasteiger partial charge in [-0.2, -0.15) is 0 Å². The van der Waals surface area contributed by atoms with Crippen LogP contribution in [0.5, 0.6) is 0 Å². The Bertz CT molecular complexity index is 1500. The van der Waals surface area contributed by atoms with Gasteiger partial charge in [0.2, 0.25) is 5.91 Å². The maximum absolute atomic E-state index is 13.0. The second-order valence-electron chi connectivity index (χ2n) is 10.0. The van der Waals surface area contributed by atoms with Gasteiger partial charge >= 0.3 is 0 Å². The maximum atomic E-state index is 13.0. The number of fused-ring (bicyclic) bond motifs is 1. The van der Waals surface area contributed by atoms with Crippen LogP contribution < -0.4 is 15.5 Å². The van der Waals surface area contributed by atoms with Gasteiger partial charge in [0, 0.05) is 79.1 Å². The molecule has 4 aromatic rings. The zero-order chi connectivity index (χ0) is 29.3. The summed E-state index contributed by atoms with van der Waals surface area (Å²) in [6, 6.07) is 20.6. The molecule has 2 heterocycles. The molecule has 3 N–H and O–H groups in total. The highest BCUT2D eigenvalue weighted by Crippen LogP contribution is 2.25. The molecule has 1 saturated heterocycles. The van der Waals surface area contributed by atoms with Crippen molar-refractivity contribution in [3.63, 3.8) is 0 Å². The van der Waals surface area contributed by atoms with E-state index in [1.807, 2.05) is 54.6 Å². The van der Waals surface area contributed by atoms with Crippen molar-refractivity contribution >= 4 is 75.5 Å². The van der Waals surface area contributed by atoms with E-state index in [0.29, 0.717) is 79.3 Å². The molecule has 0 spiro atoms. The summed E-state index contributed by atoms with van der Waals surface area (Å²) in [7, 11) is 0. The minimum Gasteiger partial charge on any atom is -0.379 e. The van der Waals surface area contributed by atoms with Gasteiger partial charge in [-0.1, -0.05) is 12.1 Å². The van der Waals surface area contributed by atoms with Gasteiger partial charge in [0.05, 0.1) is 24.2 Å². The fourth-order valence-electron chi connectivity index (χ4n) is 4.87. The van der Waals surface area contributed by atoms with Crippen molar-refractivity contribution in [1.29, 1.82) is 0 Å². The van der Waals surface area contributed by atoms with E-state index >= 15 is 0 Å². The number of amides is 2. The topological polar surface area (TPSA) is 103 Å². The van der Waals surface area contributed by atoms with E-state index < -0.39 is 0 Å². The van der Waals surface area contributed by atoms with Crippen LogP contribution in [0.4, 0.5) is 17.1 Å². The Hall–Kier alpha value is -3.34.